The molecule has 0 aromatic carbocycles. The highest BCUT2D eigenvalue weighted by Crippen LogP contribution is 2.49. The van der Waals surface area contributed by atoms with Crippen molar-refractivity contribution in [2.24, 2.45) is 5.92 Å². The number of ether oxygens (including phenoxy) is 1. The summed E-state index contributed by atoms with van der Waals surface area (Å²) in [6.45, 7) is 6.47. The maximum absolute atomic E-state index is 5.78. The number of rotatable bonds is 3. The van der Waals surface area contributed by atoms with Crippen LogP contribution in [0.1, 0.15) is 33.1 Å². The van der Waals surface area contributed by atoms with Crippen molar-refractivity contribution in [3.05, 3.63) is 0 Å². The van der Waals surface area contributed by atoms with Crippen molar-refractivity contribution < 1.29 is 4.74 Å². The Morgan fingerprint density at radius 1 is 1.46 bits per heavy atom. The van der Waals surface area contributed by atoms with Crippen LogP contribution in [0.15, 0.2) is 0 Å². The number of hydrogen-bond donors (Lipinski definition) is 0. The second-order valence-corrected chi connectivity index (χ2v) is 4.91. The lowest BCUT2D eigenvalue weighted by atomic mass is 9.68. The predicted molar refractivity (Wildman–Crippen MR) is 53.8 cm³/mol. The zero-order valence-corrected chi connectivity index (χ0v) is 9.05. The van der Waals surface area contributed by atoms with Crippen molar-refractivity contribution in [1.82, 2.24) is 4.90 Å². The number of likely N-dealkylation sites (tertiary alicyclic amines) is 1. The Kier molecular flexibility index (Phi) is 2.37. The van der Waals surface area contributed by atoms with E-state index in [1.54, 1.807) is 0 Å². The first-order valence-corrected chi connectivity index (χ1v) is 5.48. The number of nitrogens with zero attached hydrogens (tertiary/aromatic N) is 1. The molecule has 2 fully saturated rings. The SMILES string of the molecule is CC(C)OCC12CCC1CCN2C. The molecule has 2 nitrogen and oxygen atoms in total. The molecule has 1 aliphatic heterocycles. The summed E-state index contributed by atoms with van der Waals surface area (Å²) >= 11 is 0. The van der Waals surface area contributed by atoms with Gasteiger partial charge in [-0.3, -0.25) is 4.90 Å². The fourth-order valence-corrected chi connectivity index (χ4v) is 2.78. The third kappa shape index (κ3) is 1.40. The predicted octanol–water partition coefficient (Wildman–Crippen LogP) is 1.90. The van der Waals surface area contributed by atoms with Crippen molar-refractivity contribution in [2.75, 3.05) is 20.2 Å². The topological polar surface area (TPSA) is 12.5 Å². The van der Waals surface area contributed by atoms with Crippen LogP contribution >= 0.6 is 0 Å². The first-order valence-electron chi connectivity index (χ1n) is 5.48. The first-order chi connectivity index (χ1) is 6.15. The summed E-state index contributed by atoms with van der Waals surface area (Å²) in [5.41, 5.74) is 0.435. The Hall–Kier alpha value is -0.0800. The lowest BCUT2D eigenvalue weighted by molar-refractivity contribution is -0.0649. The maximum Gasteiger partial charge on any atom is 0.0656 e. The minimum absolute atomic E-state index is 0.379. The van der Waals surface area contributed by atoms with Gasteiger partial charge in [-0.15, -0.1) is 0 Å². The second kappa shape index (κ2) is 3.25. The van der Waals surface area contributed by atoms with Crippen molar-refractivity contribution >= 4 is 0 Å². The molecule has 2 atom stereocenters. The molecule has 0 N–H and O–H groups in total. The Morgan fingerprint density at radius 3 is 2.69 bits per heavy atom. The molecule has 2 rings (SSSR count). The molecule has 1 saturated heterocycles. The van der Waals surface area contributed by atoms with E-state index in [9.17, 15) is 0 Å². The number of hydrogen-bond acceptors (Lipinski definition) is 2. The van der Waals surface area contributed by atoms with Gasteiger partial charge in [0.2, 0.25) is 0 Å². The average molecular weight is 183 g/mol. The van der Waals surface area contributed by atoms with Gasteiger partial charge in [0, 0.05) is 5.54 Å². The van der Waals surface area contributed by atoms with Gasteiger partial charge in [0.25, 0.3) is 0 Å². The summed E-state index contributed by atoms with van der Waals surface area (Å²) in [5.74, 6) is 0.927. The molecule has 2 unspecified atom stereocenters. The molecule has 0 radical (unpaired) electrons. The Morgan fingerprint density at radius 2 is 2.23 bits per heavy atom. The molecule has 2 heteroatoms. The molecule has 0 bridgehead atoms. The lowest BCUT2D eigenvalue weighted by Gasteiger charge is -2.49. The molecule has 2 aliphatic rings. The van der Waals surface area contributed by atoms with Crippen LogP contribution in [0.3, 0.4) is 0 Å². The molecule has 0 aromatic heterocycles. The number of likely N-dealkylation sites (N-methyl/N-ethyl adjacent to an activating group) is 1. The van der Waals surface area contributed by atoms with Crippen molar-refractivity contribution in [3.63, 3.8) is 0 Å². The average Bonchev–Trinajstić information content (AvgIpc) is 2.21. The van der Waals surface area contributed by atoms with Gasteiger partial charge in [-0.1, -0.05) is 0 Å². The third-order valence-electron chi connectivity index (χ3n) is 3.93. The van der Waals surface area contributed by atoms with Gasteiger partial charge >= 0.3 is 0 Å². The fraction of sp³-hybridized carbons (Fsp3) is 1.00. The van der Waals surface area contributed by atoms with Crippen LogP contribution in [0.25, 0.3) is 0 Å². The van der Waals surface area contributed by atoms with E-state index in [0.29, 0.717) is 11.6 Å². The van der Waals surface area contributed by atoms with E-state index in [4.69, 9.17) is 4.74 Å². The zero-order valence-electron chi connectivity index (χ0n) is 9.05. The summed E-state index contributed by atoms with van der Waals surface area (Å²) in [4.78, 5) is 2.52. The highest BCUT2D eigenvalue weighted by molar-refractivity contribution is 5.08. The Balaban J connectivity index is 1.94. The van der Waals surface area contributed by atoms with Crippen LogP contribution in [-0.2, 0) is 4.74 Å². The molecular formula is C11H21NO. The summed E-state index contributed by atoms with van der Waals surface area (Å²) in [7, 11) is 2.25. The van der Waals surface area contributed by atoms with Crippen LogP contribution in [-0.4, -0.2) is 36.7 Å². The van der Waals surface area contributed by atoms with Crippen LogP contribution < -0.4 is 0 Å². The summed E-state index contributed by atoms with van der Waals surface area (Å²) < 4.78 is 5.78. The summed E-state index contributed by atoms with van der Waals surface area (Å²) in [6.07, 6.45) is 4.54. The van der Waals surface area contributed by atoms with Gasteiger partial charge < -0.3 is 4.74 Å². The fourth-order valence-electron chi connectivity index (χ4n) is 2.78. The number of fused-ring (bicyclic) bond motifs is 1. The van der Waals surface area contributed by atoms with E-state index in [0.717, 1.165) is 12.5 Å². The van der Waals surface area contributed by atoms with E-state index < -0.39 is 0 Å². The quantitative estimate of drug-likeness (QED) is 0.662. The monoisotopic (exact) mass is 183 g/mol. The Labute approximate surface area is 81.3 Å². The van der Waals surface area contributed by atoms with E-state index in [2.05, 4.69) is 25.8 Å². The summed E-state index contributed by atoms with van der Waals surface area (Å²) in [6, 6.07) is 0. The molecule has 1 heterocycles. The van der Waals surface area contributed by atoms with Crippen molar-refractivity contribution in [2.45, 2.75) is 44.8 Å². The van der Waals surface area contributed by atoms with Gasteiger partial charge in [0.15, 0.2) is 0 Å². The van der Waals surface area contributed by atoms with Crippen molar-refractivity contribution in [3.8, 4) is 0 Å². The third-order valence-corrected chi connectivity index (χ3v) is 3.93. The van der Waals surface area contributed by atoms with E-state index in [-0.39, 0.29) is 0 Å². The van der Waals surface area contributed by atoms with Gasteiger partial charge in [0.1, 0.15) is 0 Å². The van der Waals surface area contributed by atoms with E-state index in [1.807, 2.05) is 0 Å². The molecule has 0 spiro atoms. The minimum atomic E-state index is 0.379. The van der Waals surface area contributed by atoms with E-state index >= 15 is 0 Å². The second-order valence-electron chi connectivity index (χ2n) is 4.91. The highest BCUT2D eigenvalue weighted by atomic mass is 16.5. The van der Waals surface area contributed by atoms with Gasteiger partial charge in [-0.05, 0) is 52.6 Å². The largest absolute Gasteiger partial charge is 0.377 e. The maximum atomic E-state index is 5.78. The highest BCUT2D eigenvalue weighted by Gasteiger charge is 2.53. The normalized spacial score (nSPS) is 39.2. The summed E-state index contributed by atoms with van der Waals surface area (Å²) in [5, 5.41) is 0. The van der Waals surface area contributed by atoms with Crippen LogP contribution in [0.4, 0.5) is 0 Å². The molecular weight excluding hydrogens is 162 g/mol. The van der Waals surface area contributed by atoms with Gasteiger partial charge in [0.05, 0.1) is 12.7 Å². The van der Waals surface area contributed by atoms with Crippen molar-refractivity contribution in [1.29, 1.82) is 0 Å². The molecule has 0 aromatic rings. The Bertz CT molecular complexity index is 185. The van der Waals surface area contributed by atoms with Crippen LogP contribution in [0.5, 0.6) is 0 Å². The van der Waals surface area contributed by atoms with E-state index in [1.165, 1.54) is 25.8 Å². The smallest absolute Gasteiger partial charge is 0.0656 e. The van der Waals surface area contributed by atoms with Gasteiger partial charge in [-0.25, -0.2) is 0 Å². The van der Waals surface area contributed by atoms with Crippen LogP contribution in [0.2, 0.25) is 0 Å². The lowest BCUT2D eigenvalue weighted by Crippen LogP contribution is -2.56. The van der Waals surface area contributed by atoms with Crippen LogP contribution in [0, 0.1) is 5.92 Å². The minimum Gasteiger partial charge on any atom is -0.377 e. The first kappa shape index (κ1) is 9.47. The standard InChI is InChI=1S/C11H21NO/c1-9(2)13-8-11-6-4-10(11)5-7-12(11)3/h9-10H,4-8H2,1-3H3. The molecule has 1 aliphatic carbocycles. The molecule has 1 saturated carbocycles. The zero-order chi connectivity index (χ0) is 9.47. The molecule has 13 heavy (non-hydrogen) atoms. The van der Waals surface area contributed by atoms with Gasteiger partial charge in [-0.2, -0.15) is 0 Å². The molecule has 0 amide bonds. The molecule has 76 valence electrons.